The van der Waals surface area contributed by atoms with E-state index in [0.29, 0.717) is 6.54 Å². The fourth-order valence-electron chi connectivity index (χ4n) is 2.86. The second kappa shape index (κ2) is 9.68. The predicted octanol–water partition coefficient (Wildman–Crippen LogP) is 5.19. The second-order valence-corrected chi connectivity index (χ2v) is 6.09. The summed E-state index contributed by atoms with van der Waals surface area (Å²) < 4.78 is 0. The minimum atomic E-state index is 0. The molecule has 3 N–H and O–H groups in total. The van der Waals surface area contributed by atoms with Crippen LogP contribution in [0.15, 0.2) is 67.0 Å². The lowest BCUT2D eigenvalue weighted by Gasteiger charge is -2.19. The van der Waals surface area contributed by atoms with E-state index in [-0.39, 0.29) is 13.5 Å². The molecule has 0 aliphatic rings. The van der Waals surface area contributed by atoms with Crippen molar-refractivity contribution in [2.24, 2.45) is 5.73 Å². The normalized spacial score (nSPS) is 11.5. The van der Waals surface area contributed by atoms with Gasteiger partial charge in [0.25, 0.3) is 0 Å². The molecule has 4 heteroatoms. The highest BCUT2D eigenvalue weighted by Gasteiger charge is 2.11. The summed E-state index contributed by atoms with van der Waals surface area (Å²) in [5.41, 5.74) is 9.94. The van der Waals surface area contributed by atoms with Crippen LogP contribution in [0.1, 0.15) is 44.4 Å². The largest absolute Gasteiger partial charge is 0.362 e. The Bertz CT molecular complexity index is 785. The number of hydrogen-bond acceptors (Lipinski definition) is 4. The summed E-state index contributed by atoms with van der Waals surface area (Å²) in [6.45, 7) is 2.74. The molecule has 0 saturated carbocycles. The molecular weight excluding hydrogens is 320 g/mol. The van der Waals surface area contributed by atoms with Gasteiger partial charge in [-0.15, -0.1) is 0 Å². The van der Waals surface area contributed by atoms with Gasteiger partial charge in [0.2, 0.25) is 0 Å². The van der Waals surface area contributed by atoms with Crippen molar-refractivity contribution in [1.82, 2.24) is 9.97 Å². The molecule has 0 aliphatic heterocycles. The van der Waals surface area contributed by atoms with Crippen LogP contribution < -0.4 is 11.1 Å². The molecule has 4 nitrogen and oxygen atoms in total. The van der Waals surface area contributed by atoms with Crippen molar-refractivity contribution in [2.75, 3.05) is 5.32 Å². The first-order valence-electron chi connectivity index (χ1n) is 8.73. The van der Waals surface area contributed by atoms with E-state index < -0.39 is 0 Å². The summed E-state index contributed by atoms with van der Waals surface area (Å²) in [5, 5.41) is 3.54. The number of nitrogens with zero attached hydrogens (tertiary/aromatic N) is 2. The quantitative estimate of drug-likeness (QED) is 0.616. The maximum absolute atomic E-state index is 5.66. The highest BCUT2D eigenvalue weighted by atomic mass is 15.0. The van der Waals surface area contributed by atoms with Crippen molar-refractivity contribution in [2.45, 2.75) is 39.8 Å². The minimum absolute atomic E-state index is 0. The van der Waals surface area contributed by atoms with Gasteiger partial charge in [0.15, 0.2) is 0 Å². The fraction of sp³-hybridized carbons (Fsp3) is 0.273. The lowest BCUT2D eigenvalue weighted by molar-refractivity contribution is 0.674. The summed E-state index contributed by atoms with van der Waals surface area (Å²) in [6, 6.07) is 18.8. The van der Waals surface area contributed by atoms with Gasteiger partial charge < -0.3 is 11.1 Å². The SMILES string of the molecule is C.CCCC(Nc1cncc(-c2ccc(CN)cc2)n1)c1ccccc1. The molecular formula is C22H28N4. The molecule has 1 unspecified atom stereocenters. The first-order valence-corrected chi connectivity index (χ1v) is 8.73. The highest BCUT2D eigenvalue weighted by molar-refractivity contribution is 5.60. The van der Waals surface area contributed by atoms with Crippen molar-refractivity contribution < 1.29 is 0 Å². The van der Waals surface area contributed by atoms with Crippen LogP contribution in [0.3, 0.4) is 0 Å². The van der Waals surface area contributed by atoms with E-state index in [9.17, 15) is 0 Å². The first-order chi connectivity index (χ1) is 12.3. The van der Waals surface area contributed by atoms with E-state index in [1.165, 1.54) is 5.56 Å². The van der Waals surface area contributed by atoms with Crippen LogP contribution in [0.2, 0.25) is 0 Å². The smallest absolute Gasteiger partial charge is 0.145 e. The Morgan fingerprint density at radius 2 is 1.73 bits per heavy atom. The van der Waals surface area contributed by atoms with Crippen LogP contribution in [-0.2, 0) is 6.54 Å². The number of nitrogens with two attached hydrogens (primary N) is 1. The van der Waals surface area contributed by atoms with Crippen molar-refractivity contribution in [3.8, 4) is 11.3 Å². The van der Waals surface area contributed by atoms with E-state index >= 15 is 0 Å². The van der Waals surface area contributed by atoms with Crippen molar-refractivity contribution >= 4 is 5.82 Å². The van der Waals surface area contributed by atoms with Gasteiger partial charge in [-0.1, -0.05) is 75.4 Å². The average molecular weight is 348 g/mol. The van der Waals surface area contributed by atoms with Gasteiger partial charge >= 0.3 is 0 Å². The van der Waals surface area contributed by atoms with Crippen LogP contribution in [0, 0.1) is 0 Å². The Hall–Kier alpha value is -2.72. The molecule has 1 aromatic heterocycles. The molecule has 3 aromatic rings. The van der Waals surface area contributed by atoms with Crippen LogP contribution >= 0.6 is 0 Å². The zero-order chi connectivity index (χ0) is 17.5. The molecule has 0 bridgehead atoms. The number of aromatic nitrogens is 2. The van der Waals surface area contributed by atoms with Gasteiger partial charge in [0.1, 0.15) is 5.82 Å². The van der Waals surface area contributed by atoms with Crippen LogP contribution in [0.5, 0.6) is 0 Å². The summed E-state index contributed by atoms with van der Waals surface area (Å²) >= 11 is 0. The molecule has 2 aromatic carbocycles. The number of hydrogen-bond donors (Lipinski definition) is 2. The van der Waals surface area contributed by atoms with Crippen LogP contribution in [-0.4, -0.2) is 9.97 Å². The van der Waals surface area contributed by atoms with Crippen LogP contribution in [0.4, 0.5) is 5.82 Å². The predicted molar refractivity (Wildman–Crippen MR) is 110 cm³/mol. The summed E-state index contributed by atoms with van der Waals surface area (Å²) in [6.07, 6.45) is 5.71. The van der Waals surface area contributed by atoms with Crippen molar-refractivity contribution in [3.63, 3.8) is 0 Å². The second-order valence-electron chi connectivity index (χ2n) is 6.09. The van der Waals surface area contributed by atoms with E-state index in [1.807, 2.05) is 30.3 Å². The maximum atomic E-state index is 5.66. The zero-order valence-corrected chi connectivity index (χ0v) is 14.5. The van der Waals surface area contributed by atoms with Gasteiger partial charge in [0.05, 0.1) is 24.1 Å². The van der Waals surface area contributed by atoms with E-state index in [2.05, 4.69) is 41.5 Å². The topological polar surface area (TPSA) is 63.8 Å². The summed E-state index contributed by atoms with van der Waals surface area (Å²) in [7, 11) is 0. The molecule has 1 heterocycles. The zero-order valence-electron chi connectivity index (χ0n) is 14.5. The molecule has 0 fully saturated rings. The number of benzene rings is 2. The maximum Gasteiger partial charge on any atom is 0.145 e. The Kier molecular flexibility index (Phi) is 7.30. The Labute approximate surface area is 156 Å². The molecule has 26 heavy (non-hydrogen) atoms. The van der Waals surface area contributed by atoms with Gasteiger partial charge in [-0.05, 0) is 17.5 Å². The van der Waals surface area contributed by atoms with Gasteiger partial charge in [-0.25, -0.2) is 4.98 Å². The molecule has 0 spiro atoms. The fourth-order valence-corrected chi connectivity index (χ4v) is 2.86. The number of anilines is 1. The third-order valence-corrected chi connectivity index (χ3v) is 4.22. The molecule has 136 valence electrons. The highest BCUT2D eigenvalue weighted by Crippen LogP contribution is 2.24. The standard InChI is InChI=1S/C21H24N4.CH4/c1-2-6-19(17-7-4-3-5-8-17)24-21-15-23-14-20(25-21)18-11-9-16(13-22)10-12-18;/h3-5,7-12,14-15,19H,2,6,13,22H2,1H3,(H,24,25);1H4. The van der Waals surface area contributed by atoms with Gasteiger partial charge in [-0.2, -0.15) is 0 Å². The molecule has 0 amide bonds. The van der Waals surface area contributed by atoms with E-state index in [0.717, 1.165) is 35.5 Å². The molecule has 0 aliphatic carbocycles. The monoisotopic (exact) mass is 348 g/mol. The van der Waals surface area contributed by atoms with E-state index in [1.54, 1.807) is 12.4 Å². The lowest BCUT2D eigenvalue weighted by Crippen LogP contribution is -2.12. The molecule has 0 radical (unpaired) electrons. The van der Waals surface area contributed by atoms with E-state index in [4.69, 9.17) is 10.7 Å². The molecule has 1 atom stereocenters. The lowest BCUT2D eigenvalue weighted by atomic mass is 10.0. The van der Waals surface area contributed by atoms with Gasteiger partial charge in [-0.3, -0.25) is 4.98 Å². The van der Waals surface area contributed by atoms with Crippen LogP contribution in [0.25, 0.3) is 11.3 Å². The van der Waals surface area contributed by atoms with Gasteiger partial charge in [0, 0.05) is 12.1 Å². The summed E-state index contributed by atoms with van der Waals surface area (Å²) in [4.78, 5) is 9.10. The van der Waals surface area contributed by atoms with Crippen molar-refractivity contribution in [1.29, 1.82) is 0 Å². The Morgan fingerprint density at radius 1 is 1.00 bits per heavy atom. The number of rotatable bonds is 7. The Balaban J connectivity index is 0.00000243. The third kappa shape index (κ3) is 4.90. The molecule has 0 saturated heterocycles. The Morgan fingerprint density at radius 3 is 2.38 bits per heavy atom. The minimum Gasteiger partial charge on any atom is -0.362 e. The average Bonchev–Trinajstić information content (AvgIpc) is 2.69. The summed E-state index contributed by atoms with van der Waals surface area (Å²) in [5.74, 6) is 0.794. The first kappa shape index (κ1) is 19.6. The number of nitrogens with one attached hydrogen (secondary N) is 1. The van der Waals surface area contributed by atoms with Crippen molar-refractivity contribution in [3.05, 3.63) is 78.1 Å². The molecule has 3 rings (SSSR count). The third-order valence-electron chi connectivity index (χ3n) is 4.22.